The summed E-state index contributed by atoms with van der Waals surface area (Å²) < 4.78 is 178. The zero-order chi connectivity index (χ0) is 26.4. The molecule has 0 radical (unpaired) electrons. The first-order chi connectivity index (χ1) is 14.5. The van der Waals surface area contributed by atoms with Gasteiger partial charge < -0.3 is 29.9 Å². The molecule has 5 atom stereocenters. The van der Waals surface area contributed by atoms with Crippen molar-refractivity contribution >= 4 is 0 Å². The molecular weight excluding hydrogens is 511 g/mol. The Labute approximate surface area is 174 Å². The zero-order valence-electron chi connectivity index (χ0n) is 15.5. The standard InChI is InChI=1S/C14H15F13O6/c15-9(16,1-2-32-8-7(31)6(30)5(29)4(3-28)33-8)10(17,18)11(19,20)12(21,22)13(23,24)14(25,26)27/h4-8,28-31H,1-3H2/t4-,5-,6+,7-,8-/m1/s1. The van der Waals surface area contributed by atoms with Gasteiger partial charge in [0.25, 0.3) is 0 Å². The van der Waals surface area contributed by atoms with Crippen LogP contribution in [0.2, 0.25) is 0 Å². The Bertz CT molecular complexity index is 668. The highest BCUT2D eigenvalue weighted by Crippen LogP contribution is 2.60. The molecule has 1 heterocycles. The van der Waals surface area contributed by atoms with Crippen LogP contribution < -0.4 is 0 Å². The lowest BCUT2D eigenvalue weighted by Crippen LogP contribution is -2.70. The fraction of sp³-hybridized carbons (Fsp3) is 1.00. The highest BCUT2D eigenvalue weighted by Gasteiger charge is 2.90. The van der Waals surface area contributed by atoms with E-state index >= 15 is 0 Å². The van der Waals surface area contributed by atoms with E-state index in [9.17, 15) is 72.4 Å². The Morgan fingerprint density at radius 2 is 1.09 bits per heavy atom. The fourth-order valence-electron chi connectivity index (χ4n) is 2.47. The number of rotatable bonds is 9. The summed E-state index contributed by atoms with van der Waals surface area (Å²) in [7, 11) is 0. The Morgan fingerprint density at radius 1 is 0.636 bits per heavy atom. The maximum atomic E-state index is 13.6. The second-order valence-electron chi connectivity index (χ2n) is 6.82. The molecule has 4 N–H and O–H groups in total. The molecule has 198 valence electrons. The average molecular weight is 526 g/mol. The number of alkyl halides is 13. The van der Waals surface area contributed by atoms with Crippen molar-refractivity contribution in [2.24, 2.45) is 0 Å². The molecule has 0 bridgehead atoms. The Morgan fingerprint density at radius 3 is 1.52 bits per heavy atom. The van der Waals surface area contributed by atoms with E-state index in [0.29, 0.717) is 0 Å². The van der Waals surface area contributed by atoms with Crippen LogP contribution in [-0.4, -0.2) is 100 Å². The minimum atomic E-state index is -8.02. The summed E-state index contributed by atoms with van der Waals surface area (Å²) in [6.45, 7) is -2.98. The molecule has 1 fully saturated rings. The van der Waals surface area contributed by atoms with Crippen LogP contribution in [0.4, 0.5) is 57.1 Å². The van der Waals surface area contributed by atoms with Crippen molar-refractivity contribution in [2.75, 3.05) is 13.2 Å². The SMILES string of the molecule is OC[C@H]1O[C@@H](OCCC(F)(F)C(F)(F)C(F)(F)C(F)(F)C(F)(F)C(F)(F)F)[C@H](O)[C@@H](O)[C@@H]1O. The van der Waals surface area contributed by atoms with E-state index in [1.54, 1.807) is 0 Å². The van der Waals surface area contributed by atoms with Crippen LogP contribution in [0.3, 0.4) is 0 Å². The monoisotopic (exact) mass is 526 g/mol. The van der Waals surface area contributed by atoms with Crippen molar-refractivity contribution in [3.63, 3.8) is 0 Å². The summed E-state index contributed by atoms with van der Waals surface area (Å²) in [4.78, 5) is 0. The Kier molecular flexibility index (Phi) is 8.27. The lowest BCUT2D eigenvalue weighted by Gasteiger charge is -2.41. The van der Waals surface area contributed by atoms with Gasteiger partial charge in [0.2, 0.25) is 0 Å². The van der Waals surface area contributed by atoms with Crippen LogP contribution >= 0.6 is 0 Å². The molecule has 0 amide bonds. The predicted octanol–water partition coefficient (Wildman–Crippen LogP) is 1.93. The fourth-order valence-corrected chi connectivity index (χ4v) is 2.47. The van der Waals surface area contributed by atoms with E-state index in [2.05, 4.69) is 9.47 Å². The molecular formula is C14H15F13O6. The van der Waals surface area contributed by atoms with E-state index in [0.717, 1.165) is 0 Å². The van der Waals surface area contributed by atoms with Gasteiger partial charge in [-0.25, -0.2) is 0 Å². The third kappa shape index (κ3) is 4.84. The van der Waals surface area contributed by atoms with Gasteiger partial charge in [-0.3, -0.25) is 0 Å². The Balaban J connectivity index is 3.05. The molecule has 33 heavy (non-hydrogen) atoms. The first-order valence-electron chi connectivity index (χ1n) is 8.39. The molecule has 0 aliphatic carbocycles. The van der Waals surface area contributed by atoms with Crippen molar-refractivity contribution in [1.29, 1.82) is 0 Å². The largest absolute Gasteiger partial charge is 0.460 e. The predicted molar refractivity (Wildman–Crippen MR) is 75.1 cm³/mol. The number of aliphatic hydroxyl groups excluding tert-OH is 4. The third-order valence-corrected chi connectivity index (χ3v) is 4.55. The number of aliphatic hydroxyl groups is 4. The van der Waals surface area contributed by atoms with Gasteiger partial charge >= 0.3 is 35.8 Å². The highest BCUT2D eigenvalue weighted by atomic mass is 19.4. The van der Waals surface area contributed by atoms with Crippen molar-refractivity contribution in [3.8, 4) is 0 Å². The molecule has 0 unspecified atom stereocenters. The van der Waals surface area contributed by atoms with E-state index < -0.39 is 86.1 Å². The van der Waals surface area contributed by atoms with Crippen LogP contribution in [0.5, 0.6) is 0 Å². The van der Waals surface area contributed by atoms with Crippen LogP contribution in [0.25, 0.3) is 0 Å². The molecule has 0 spiro atoms. The summed E-state index contributed by atoms with van der Waals surface area (Å²) in [5.74, 6) is -37.7. The minimum absolute atomic E-state index is 1.08. The molecule has 0 saturated carbocycles. The van der Waals surface area contributed by atoms with Crippen molar-refractivity contribution in [3.05, 3.63) is 0 Å². The highest BCUT2D eigenvalue weighted by molar-refractivity contribution is 5.10. The maximum absolute atomic E-state index is 13.6. The van der Waals surface area contributed by atoms with E-state index in [1.165, 1.54) is 0 Å². The van der Waals surface area contributed by atoms with Gasteiger partial charge in [0.05, 0.1) is 13.2 Å². The van der Waals surface area contributed by atoms with E-state index in [4.69, 9.17) is 5.11 Å². The van der Waals surface area contributed by atoms with E-state index in [-0.39, 0.29) is 0 Å². The Hall–Kier alpha value is -1.15. The third-order valence-electron chi connectivity index (χ3n) is 4.55. The number of hydrogen-bond acceptors (Lipinski definition) is 6. The van der Waals surface area contributed by atoms with Crippen LogP contribution in [0, 0.1) is 0 Å². The van der Waals surface area contributed by atoms with Gasteiger partial charge in [0, 0.05) is 6.42 Å². The summed E-state index contributed by atoms with van der Waals surface area (Å²) in [6.07, 6.45) is -20.7. The topological polar surface area (TPSA) is 99.4 Å². The van der Waals surface area contributed by atoms with Gasteiger partial charge in [-0.05, 0) is 0 Å². The summed E-state index contributed by atoms with van der Waals surface area (Å²) in [6, 6.07) is 0. The van der Waals surface area contributed by atoms with E-state index in [1.807, 2.05) is 0 Å². The molecule has 1 aliphatic rings. The van der Waals surface area contributed by atoms with Crippen molar-refractivity contribution < 1.29 is 87.0 Å². The first kappa shape index (κ1) is 29.9. The molecule has 1 saturated heterocycles. The maximum Gasteiger partial charge on any atom is 0.460 e. The quantitative estimate of drug-likeness (QED) is 0.343. The lowest BCUT2D eigenvalue weighted by atomic mass is 9.93. The zero-order valence-corrected chi connectivity index (χ0v) is 15.5. The van der Waals surface area contributed by atoms with Crippen molar-refractivity contribution in [2.45, 2.75) is 72.9 Å². The smallest absolute Gasteiger partial charge is 0.394 e. The molecule has 0 aromatic carbocycles. The van der Waals surface area contributed by atoms with Gasteiger partial charge in [0.15, 0.2) is 6.29 Å². The summed E-state index contributed by atoms with van der Waals surface area (Å²) >= 11 is 0. The van der Waals surface area contributed by atoms with Gasteiger partial charge in [-0.1, -0.05) is 0 Å². The summed E-state index contributed by atoms with van der Waals surface area (Å²) in [5, 5.41) is 37.3. The first-order valence-corrected chi connectivity index (χ1v) is 8.39. The van der Waals surface area contributed by atoms with Crippen LogP contribution in [0.1, 0.15) is 6.42 Å². The molecule has 1 rings (SSSR count). The molecule has 0 aromatic heterocycles. The van der Waals surface area contributed by atoms with Gasteiger partial charge in [-0.15, -0.1) is 0 Å². The minimum Gasteiger partial charge on any atom is -0.394 e. The second kappa shape index (κ2) is 9.14. The normalized spacial score (nSPS) is 28.8. The number of ether oxygens (including phenoxy) is 2. The average Bonchev–Trinajstić information content (AvgIpc) is 2.66. The van der Waals surface area contributed by atoms with Crippen LogP contribution in [-0.2, 0) is 9.47 Å². The van der Waals surface area contributed by atoms with Gasteiger partial charge in [0.1, 0.15) is 24.4 Å². The van der Waals surface area contributed by atoms with Crippen molar-refractivity contribution in [1.82, 2.24) is 0 Å². The van der Waals surface area contributed by atoms with Crippen LogP contribution in [0.15, 0.2) is 0 Å². The molecule has 0 aromatic rings. The van der Waals surface area contributed by atoms with Gasteiger partial charge in [-0.2, -0.15) is 57.1 Å². The summed E-state index contributed by atoms with van der Waals surface area (Å²) in [5.41, 5.74) is 0. The number of halogens is 13. The molecule has 1 aliphatic heterocycles. The number of hydrogen-bond donors (Lipinski definition) is 4. The molecule has 19 heteroatoms. The molecule has 6 nitrogen and oxygen atoms in total. The second-order valence-corrected chi connectivity index (χ2v) is 6.82. The lowest BCUT2D eigenvalue weighted by molar-refractivity contribution is -0.440.